The lowest BCUT2D eigenvalue weighted by Crippen LogP contribution is -2.44. The molecule has 1 amide bonds. The Hall–Kier alpha value is -0.510. The minimum Gasteiger partial charge on any atom is -0.290 e. The molecule has 4 heteroatoms. The smallest absolute Gasteiger partial charge is 0.242 e. The molecule has 0 spiro atoms. The minimum absolute atomic E-state index is 0.114. The van der Waals surface area contributed by atoms with Gasteiger partial charge in [0, 0.05) is 18.5 Å². The molecule has 2 heterocycles. The summed E-state index contributed by atoms with van der Waals surface area (Å²) in [6.45, 7) is 8.04. The standard InChI is InChI=1S/C10H16N2OS/c1-4-7-8(13)12-6-10(2,3)5-11-9(12)14-7/h7H,4-6H2,1-3H3/t7-/m1/s1. The quantitative estimate of drug-likeness (QED) is 0.663. The van der Waals surface area contributed by atoms with Crippen molar-refractivity contribution in [2.24, 2.45) is 10.4 Å². The molecule has 1 saturated heterocycles. The van der Waals surface area contributed by atoms with Crippen molar-refractivity contribution in [1.29, 1.82) is 0 Å². The van der Waals surface area contributed by atoms with Gasteiger partial charge in [0.15, 0.2) is 5.17 Å². The van der Waals surface area contributed by atoms with E-state index in [4.69, 9.17) is 0 Å². The molecular weight excluding hydrogens is 196 g/mol. The summed E-state index contributed by atoms with van der Waals surface area (Å²) in [4.78, 5) is 18.2. The fraction of sp³-hybridized carbons (Fsp3) is 0.800. The van der Waals surface area contributed by atoms with E-state index < -0.39 is 0 Å². The number of nitrogens with zero attached hydrogens (tertiary/aromatic N) is 2. The third-order valence-corrected chi connectivity index (χ3v) is 4.00. The number of hydrogen-bond donors (Lipinski definition) is 0. The van der Waals surface area contributed by atoms with Gasteiger partial charge in [0.25, 0.3) is 0 Å². The van der Waals surface area contributed by atoms with Crippen LogP contribution in [0.3, 0.4) is 0 Å². The fourth-order valence-corrected chi connectivity index (χ4v) is 2.87. The summed E-state index contributed by atoms with van der Waals surface area (Å²) in [6.07, 6.45) is 0.902. The number of rotatable bonds is 1. The van der Waals surface area contributed by atoms with Gasteiger partial charge >= 0.3 is 0 Å². The lowest BCUT2D eigenvalue weighted by Gasteiger charge is -2.32. The molecule has 0 aromatic carbocycles. The van der Waals surface area contributed by atoms with Crippen LogP contribution in [0.4, 0.5) is 0 Å². The molecule has 0 radical (unpaired) electrons. The highest BCUT2D eigenvalue weighted by Crippen LogP contribution is 2.35. The maximum absolute atomic E-state index is 11.9. The van der Waals surface area contributed by atoms with Crippen LogP contribution in [0.2, 0.25) is 0 Å². The number of hydrogen-bond acceptors (Lipinski definition) is 3. The van der Waals surface area contributed by atoms with Gasteiger partial charge in [-0.15, -0.1) is 0 Å². The van der Waals surface area contributed by atoms with Gasteiger partial charge in [-0.3, -0.25) is 14.7 Å². The maximum Gasteiger partial charge on any atom is 0.242 e. The molecular formula is C10H16N2OS. The Balaban J connectivity index is 2.22. The SMILES string of the molecule is CC[C@H]1SC2=NCC(C)(C)CN2C1=O. The third-order valence-electron chi connectivity index (χ3n) is 2.62. The second kappa shape index (κ2) is 3.26. The zero-order chi connectivity index (χ0) is 10.3. The monoisotopic (exact) mass is 212 g/mol. The zero-order valence-corrected chi connectivity index (χ0v) is 9.73. The van der Waals surface area contributed by atoms with Gasteiger partial charge in [0.2, 0.25) is 5.91 Å². The molecule has 1 fully saturated rings. The number of fused-ring (bicyclic) bond motifs is 1. The van der Waals surface area contributed by atoms with Crippen molar-refractivity contribution in [2.75, 3.05) is 13.1 Å². The van der Waals surface area contributed by atoms with Gasteiger partial charge in [0.05, 0.1) is 5.25 Å². The van der Waals surface area contributed by atoms with Crippen molar-refractivity contribution in [2.45, 2.75) is 32.4 Å². The topological polar surface area (TPSA) is 32.7 Å². The highest BCUT2D eigenvalue weighted by molar-refractivity contribution is 8.15. The Morgan fingerprint density at radius 3 is 3.00 bits per heavy atom. The number of aliphatic imine (C=N–C) groups is 1. The first kappa shape index (κ1) is 10.0. The summed E-state index contributed by atoms with van der Waals surface area (Å²) in [5, 5.41) is 1.06. The number of thioether (sulfide) groups is 1. The number of amidine groups is 1. The zero-order valence-electron chi connectivity index (χ0n) is 8.91. The average Bonchev–Trinajstić information content (AvgIpc) is 2.42. The predicted octanol–water partition coefficient (Wildman–Crippen LogP) is 1.74. The highest BCUT2D eigenvalue weighted by atomic mass is 32.2. The van der Waals surface area contributed by atoms with E-state index in [0.29, 0.717) is 0 Å². The van der Waals surface area contributed by atoms with Gasteiger partial charge in [0.1, 0.15) is 0 Å². The number of carbonyl (C=O) groups is 1. The molecule has 0 saturated carbocycles. The molecule has 0 unspecified atom stereocenters. The van der Waals surface area contributed by atoms with Crippen LogP contribution in [0.25, 0.3) is 0 Å². The Bertz CT molecular complexity index is 298. The molecule has 1 atom stereocenters. The van der Waals surface area contributed by atoms with Crippen LogP contribution in [0.15, 0.2) is 4.99 Å². The molecule has 78 valence electrons. The first-order valence-corrected chi connectivity index (χ1v) is 5.94. The summed E-state index contributed by atoms with van der Waals surface area (Å²) in [5.74, 6) is 0.254. The van der Waals surface area contributed by atoms with Crippen molar-refractivity contribution >= 4 is 22.8 Å². The van der Waals surface area contributed by atoms with E-state index >= 15 is 0 Å². The third kappa shape index (κ3) is 1.56. The lowest BCUT2D eigenvalue weighted by atomic mass is 9.92. The Labute approximate surface area is 89.0 Å². The summed E-state index contributed by atoms with van der Waals surface area (Å²) < 4.78 is 0. The van der Waals surface area contributed by atoms with Crippen LogP contribution < -0.4 is 0 Å². The van der Waals surface area contributed by atoms with Crippen LogP contribution in [0, 0.1) is 5.41 Å². The van der Waals surface area contributed by atoms with E-state index in [0.717, 1.165) is 24.7 Å². The highest BCUT2D eigenvalue weighted by Gasteiger charge is 2.41. The van der Waals surface area contributed by atoms with Crippen LogP contribution in [0.1, 0.15) is 27.2 Å². The summed E-state index contributed by atoms with van der Waals surface area (Å²) in [6, 6.07) is 0. The minimum atomic E-state index is 0.114. The van der Waals surface area contributed by atoms with Crippen molar-refractivity contribution < 1.29 is 4.79 Å². The Morgan fingerprint density at radius 2 is 2.36 bits per heavy atom. The largest absolute Gasteiger partial charge is 0.290 e. The van der Waals surface area contributed by atoms with Crippen LogP contribution in [-0.4, -0.2) is 34.3 Å². The number of amides is 1. The van der Waals surface area contributed by atoms with E-state index in [1.165, 1.54) is 0 Å². The second-order valence-corrected chi connectivity index (χ2v) is 5.87. The predicted molar refractivity (Wildman–Crippen MR) is 59.5 cm³/mol. The lowest BCUT2D eigenvalue weighted by molar-refractivity contribution is -0.127. The first-order chi connectivity index (χ1) is 6.53. The van der Waals surface area contributed by atoms with Crippen molar-refractivity contribution in [3.05, 3.63) is 0 Å². The van der Waals surface area contributed by atoms with Gasteiger partial charge in [-0.25, -0.2) is 0 Å². The Morgan fingerprint density at radius 1 is 1.64 bits per heavy atom. The van der Waals surface area contributed by atoms with Gasteiger partial charge in [-0.2, -0.15) is 0 Å². The normalized spacial score (nSPS) is 30.2. The Kier molecular flexibility index (Phi) is 2.33. The molecule has 14 heavy (non-hydrogen) atoms. The fourth-order valence-electron chi connectivity index (χ4n) is 1.80. The van der Waals surface area contributed by atoms with E-state index in [9.17, 15) is 4.79 Å². The molecule has 2 rings (SSSR count). The van der Waals surface area contributed by atoms with E-state index in [1.54, 1.807) is 11.8 Å². The molecule has 0 N–H and O–H groups in total. The maximum atomic E-state index is 11.9. The van der Waals surface area contributed by atoms with E-state index in [2.05, 4.69) is 25.8 Å². The van der Waals surface area contributed by atoms with Gasteiger partial charge < -0.3 is 0 Å². The van der Waals surface area contributed by atoms with E-state index in [1.807, 2.05) is 4.90 Å². The second-order valence-electron chi connectivity index (χ2n) is 4.70. The van der Waals surface area contributed by atoms with Crippen LogP contribution in [0.5, 0.6) is 0 Å². The number of carbonyl (C=O) groups excluding carboxylic acids is 1. The van der Waals surface area contributed by atoms with E-state index in [-0.39, 0.29) is 16.6 Å². The summed E-state index contributed by atoms with van der Waals surface area (Å²) in [7, 11) is 0. The first-order valence-electron chi connectivity index (χ1n) is 5.06. The van der Waals surface area contributed by atoms with Crippen LogP contribution >= 0.6 is 11.8 Å². The summed E-state index contributed by atoms with van der Waals surface area (Å²) in [5.41, 5.74) is 0.141. The summed E-state index contributed by atoms with van der Waals surface area (Å²) >= 11 is 1.63. The van der Waals surface area contributed by atoms with Gasteiger partial charge in [-0.05, 0) is 6.42 Å². The van der Waals surface area contributed by atoms with Crippen LogP contribution in [-0.2, 0) is 4.79 Å². The molecule has 0 aromatic heterocycles. The average molecular weight is 212 g/mol. The van der Waals surface area contributed by atoms with Crippen molar-refractivity contribution in [3.63, 3.8) is 0 Å². The molecule has 0 aliphatic carbocycles. The molecule has 3 nitrogen and oxygen atoms in total. The molecule has 2 aliphatic heterocycles. The van der Waals surface area contributed by atoms with Crippen molar-refractivity contribution in [3.8, 4) is 0 Å². The molecule has 0 bridgehead atoms. The van der Waals surface area contributed by atoms with Gasteiger partial charge in [-0.1, -0.05) is 32.5 Å². The molecule has 0 aromatic rings. The molecule has 2 aliphatic rings. The van der Waals surface area contributed by atoms with Crippen molar-refractivity contribution in [1.82, 2.24) is 4.90 Å².